The Hall–Kier alpha value is -2.95. The first kappa shape index (κ1) is 12.1. The Morgan fingerprint density at radius 1 is 1.47 bits per heavy atom. The molecule has 0 bridgehead atoms. The van der Waals surface area contributed by atoms with Crippen LogP contribution in [0.4, 0.5) is 11.4 Å². The standard InChI is InChI=1S/C9H6N4O4/c10-5-8(12-15)9(14)11-6-1-3-7(4-2-6)13(16)17/h1-4,15H,(H,11,14)/b12-8-. The maximum Gasteiger partial charge on any atom is 0.288 e. The van der Waals surface area contributed by atoms with Crippen molar-refractivity contribution in [2.24, 2.45) is 5.16 Å². The zero-order valence-corrected chi connectivity index (χ0v) is 8.32. The molecule has 0 radical (unpaired) electrons. The molecule has 0 saturated heterocycles. The molecule has 1 aromatic rings. The van der Waals surface area contributed by atoms with Gasteiger partial charge in [0.05, 0.1) is 4.92 Å². The van der Waals surface area contributed by atoms with Gasteiger partial charge in [-0.25, -0.2) is 0 Å². The van der Waals surface area contributed by atoms with Crippen LogP contribution >= 0.6 is 0 Å². The number of nitrogens with one attached hydrogen (secondary N) is 1. The van der Waals surface area contributed by atoms with Crippen LogP contribution in [0.1, 0.15) is 0 Å². The zero-order valence-electron chi connectivity index (χ0n) is 8.32. The van der Waals surface area contributed by atoms with E-state index in [0.29, 0.717) is 0 Å². The number of anilines is 1. The molecule has 8 nitrogen and oxygen atoms in total. The summed E-state index contributed by atoms with van der Waals surface area (Å²) >= 11 is 0. The highest BCUT2D eigenvalue weighted by Gasteiger charge is 2.12. The number of nitro groups is 1. The molecule has 0 aliphatic rings. The first-order valence-electron chi connectivity index (χ1n) is 4.26. The summed E-state index contributed by atoms with van der Waals surface area (Å²) in [6.45, 7) is 0. The Labute approximate surface area is 94.9 Å². The van der Waals surface area contributed by atoms with Gasteiger partial charge in [0.25, 0.3) is 11.6 Å². The van der Waals surface area contributed by atoms with Gasteiger partial charge in [-0.1, -0.05) is 5.16 Å². The van der Waals surface area contributed by atoms with Gasteiger partial charge in [-0.05, 0) is 12.1 Å². The fourth-order valence-electron chi connectivity index (χ4n) is 0.975. The number of amides is 1. The molecule has 1 amide bonds. The molecular formula is C9H6N4O4. The topological polar surface area (TPSA) is 129 Å². The number of oxime groups is 1. The van der Waals surface area contributed by atoms with Crippen molar-refractivity contribution in [1.29, 1.82) is 5.26 Å². The average molecular weight is 234 g/mol. The van der Waals surface area contributed by atoms with Gasteiger partial charge in [0, 0.05) is 17.8 Å². The predicted molar refractivity (Wildman–Crippen MR) is 56.6 cm³/mol. The van der Waals surface area contributed by atoms with E-state index in [0.717, 1.165) is 0 Å². The predicted octanol–water partition coefficient (Wildman–Crippen LogP) is 0.887. The number of hydrogen-bond acceptors (Lipinski definition) is 6. The normalized spacial score (nSPS) is 10.4. The van der Waals surface area contributed by atoms with Crippen LogP contribution in [0.5, 0.6) is 0 Å². The summed E-state index contributed by atoms with van der Waals surface area (Å²) in [5.41, 5.74) is -0.584. The van der Waals surface area contributed by atoms with Gasteiger partial charge in [-0.15, -0.1) is 0 Å². The molecule has 1 aromatic carbocycles. The van der Waals surface area contributed by atoms with Crippen LogP contribution in [-0.2, 0) is 4.79 Å². The maximum atomic E-state index is 11.2. The molecule has 0 aromatic heterocycles. The summed E-state index contributed by atoms with van der Waals surface area (Å²) in [4.78, 5) is 21.0. The van der Waals surface area contributed by atoms with Crippen LogP contribution in [0, 0.1) is 21.4 Å². The number of carbonyl (C=O) groups is 1. The highest BCUT2D eigenvalue weighted by Crippen LogP contribution is 2.15. The lowest BCUT2D eigenvalue weighted by Crippen LogP contribution is -2.21. The van der Waals surface area contributed by atoms with Gasteiger partial charge < -0.3 is 10.5 Å². The van der Waals surface area contributed by atoms with E-state index in [1.165, 1.54) is 30.3 Å². The number of benzene rings is 1. The largest absolute Gasteiger partial charge is 0.410 e. The molecule has 17 heavy (non-hydrogen) atoms. The Bertz CT molecular complexity index is 515. The van der Waals surface area contributed by atoms with E-state index in [1.807, 2.05) is 0 Å². The summed E-state index contributed by atoms with van der Waals surface area (Å²) in [7, 11) is 0. The van der Waals surface area contributed by atoms with E-state index < -0.39 is 16.5 Å². The number of hydrogen-bond donors (Lipinski definition) is 2. The summed E-state index contributed by atoms with van der Waals surface area (Å²) in [5, 5.41) is 31.8. The van der Waals surface area contributed by atoms with Crippen LogP contribution in [0.25, 0.3) is 0 Å². The molecule has 0 spiro atoms. The van der Waals surface area contributed by atoms with Crippen LogP contribution in [0.15, 0.2) is 29.4 Å². The van der Waals surface area contributed by atoms with Crippen LogP contribution < -0.4 is 5.32 Å². The third-order valence-electron chi connectivity index (χ3n) is 1.76. The summed E-state index contributed by atoms with van der Waals surface area (Å²) < 4.78 is 0. The van der Waals surface area contributed by atoms with Gasteiger partial charge in [-0.2, -0.15) is 5.26 Å². The fraction of sp³-hybridized carbons (Fsp3) is 0. The highest BCUT2D eigenvalue weighted by molar-refractivity contribution is 6.48. The van der Waals surface area contributed by atoms with Crippen molar-refractivity contribution in [3.05, 3.63) is 34.4 Å². The third kappa shape index (κ3) is 3.00. The fourth-order valence-corrected chi connectivity index (χ4v) is 0.975. The second kappa shape index (κ2) is 5.22. The van der Waals surface area contributed by atoms with Crippen molar-refractivity contribution in [3.8, 4) is 6.07 Å². The van der Waals surface area contributed by atoms with E-state index in [2.05, 4.69) is 10.5 Å². The minimum Gasteiger partial charge on any atom is -0.410 e. The first-order chi connectivity index (χ1) is 8.08. The van der Waals surface area contributed by atoms with Crippen molar-refractivity contribution in [2.75, 3.05) is 5.32 Å². The minimum atomic E-state index is -0.899. The lowest BCUT2D eigenvalue weighted by atomic mass is 10.2. The minimum absolute atomic E-state index is 0.126. The molecule has 8 heteroatoms. The second-order valence-corrected chi connectivity index (χ2v) is 2.82. The number of carbonyl (C=O) groups excluding carboxylic acids is 1. The number of nitrogens with zero attached hydrogens (tertiary/aromatic N) is 3. The van der Waals surface area contributed by atoms with Gasteiger partial charge >= 0.3 is 0 Å². The van der Waals surface area contributed by atoms with Gasteiger partial charge in [0.15, 0.2) is 0 Å². The first-order valence-corrected chi connectivity index (χ1v) is 4.26. The average Bonchev–Trinajstić information content (AvgIpc) is 2.31. The Morgan fingerprint density at radius 2 is 2.06 bits per heavy atom. The zero-order chi connectivity index (χ0) is 12.8. The van der Waals surface area contributed by atoms with E-state index in [-0.39, 0.29) is 11.4 Å². The lowest BCUT2D eigenvalue weighted by molar-refractivity contribution is -0.384. The number of non-ortho nitro benzene ring substituents is 1. The van der Waals surface area contributed by atoms with Crippen molar-refractivity contribution in [2.45, 2.75) is 0 Å². The van der Waals surface area contributed by atoms with Crippen molar-refractivity contribution in [3.63, 3.8) is 0 Å². The molecule has 0 atom stereocenters. The molecule has 86 valence electrons. The molecular weight excluding hydrogens is 228 g/mol. The smallest absolute Gasteiger partial charge is 0.288 e. The monoisotopic (exact) mass is 234 g/mol. The second-order valence-electron chi connectivity index (χ2n) is 2.82. The summed E-state index contributed by atoms with van der Waals surface area (Å²) in [6.07, 6.45) is 0. The summed E-state index contributed by atoms with van der Waals surface area (Å²) in [6, 6.07) is 6.35. The van der Waals surface area contributed by atoms with Crippen molar-refractivity contribution >= 4 is 23.0 Å². The highest BCUT2D eigenvalue weighted by atomic mass is 16.6. The molecule has 0 heterocycles. The Balaban J connectivity index is 2.81. The van der Waals surface area contributed by atoms with Crippen molar-refractivity contribution < 1.29 is 14.9 Å². The molecule has 1 rings (SSSR count). The van der Waals surface area contributed by atoms with Gasteiger partial charge in [-0.3, -0.25) is 14.9 Å². The molecule has 0 aliphatic heterocycles. The molecule has 0 saturated carbocycles. The molecule has 0 unspecified atom stereocenters. The van der Waals surface area contributed by atoms with Crippen LogP contribution in [0.3, 0.4) is 0 Å². The summed E-state index contributed by atoms with van der Waals surface area (Å²) in [5.74, 6) is -0.899. The third-order valence-corrected chi connectivity index (χ3v) is 1.76. The van der Waals surface area contributed by atoms with E-state index in [9.17, 15) is 14.9 Å². The lowest BCUT2D eigenvalue weighted by Gasteiger charge is -2.01. The van der Waals surface area contributed by atoms with Crippen LogP contribution in [0.2, 0.25) is 0 Å². The number of nitriles is 1. The SMILES string of the molecule is N#C/C(=N/O)C(=O)Nc1ccc([N+](=O)[O-])cc1. The van der Waals surface area contributed by atoms with Crippen molar-refractivity contribution in [1.82, 2.24) is 0 Å². The maximum absolute atomic E-state index is 11.2. The Kier molecular flexibility index (Phi) is 3.72. The number of rotatable bonds is 3. The van der Waals surface area contributed by atoms with E-state index in [4.69, 9.17) is 10.5 Å². The van der Waals surface area contributed by atoms with Gasteiger partial charge in [0.1, 0.15) is 6.07 Å². The quantitative estimate of drug-likeness (QED) is 0.347. The number of nitro benzene ring substituents is 1. The van der Waals surface area contributed by atoms with E-state index in [1.54, 1.807) is 0 Å². The van der Waals surface area contributed by atoms with Gasteiger partial charge in [0.2, 0.25) is 5.71 Å². The molecule has 0 fully saturated rings. The molecule has 2 N–H and O–H groups in total. The Morgan fingerprint density at radius 3 is 2.47 bits per heavy atom. The van der Waals surface area contributed by atoms with Crippen LogP contribution in [-0.4, -0.2) is 21.7 Å². The van der Waals surface area contributed by atoms with E-state index >= 15 is 0 Å². The molecule has 0 aliphatic carbocycles.